The fraction of sp³-hybridized carbons (Fsp3) is 0.250. The third-order valence-electron chi connectivity index (χ3n) is 2.17. The Hall–Kier alpha value is -1.76. The summed E-state index contributed by atoms with van der Waals surface area (Å²) in [6.45, 7) is -0.0538. The maximum atomic E-state index is 13.2. The molecule has 1 N–H and O–H groups in total. The van der Waals surface area contributed by atoms with Crippen LogP contribution in [0.15, 0.2) is 24.3 Å². The molecular weight excluding hydrogens is 276 g/mol. The van der Waals surface area contributed by atoms with Gasteiger partial charge < -0.3 is 5.32 Å². The first-order chi connectivity index (χ1) is 8.79. The van der Waals surface area contributed by atoms with Crippen LogP contribution in [-0.4, -0.2) is 32.9 Å². The molecule has 0 saturated carbocycles. The molecule has 0 radical (unpaired) electrons. The molecule has 1 rings (SSSR count). The van der Waals surface area contributed by atoms with Gasteiger partial charge in [-0.2, -0.15) is 0 Å². The summed E-state index contributed by atoms with van der Waals surface area (Å²) < 4.78 is 48.0. The van der Waals surface area contributed by atoms with Gasteiger partial charge in [-0.25, -0.2) is 17.2 Å². The number of hydrogen-bond acceptors (Lipinski definition) is 3. The highest BCUT2D eigenvalue weighted by molar-refractivity contribution is 7.90. The van der Waals surface area contributed by atoms with E-state index >= 15 is 0 Å². The average Bonchev–Trinajstić information content (AvgIpc) is 2.26. The van der Waals surface area contributed by atoms with Crippen molar-refractivity contribution in [3.05, 3.63) is 41.5 Å². The Morgan fingerprint density at radius 1 is 1.32 bits per heavy atom. The van der Waals surface area contributed by atoms with Crippen LogP contribution < -0.4 is 5.32 Å². The zero-order chi connectivity index (χ0) is 14.5. The summed E-state index contributed by atoms with van der Waals surface area (Å²) in [5, 5.41) is 2.30. The minimum absolute atomic E-state index is 0.0538. The molecule has 0 atom stereocenters. The zero-order valence-corrected chi connectivity index (χ0v) is 11.0. The van der Waals surface area contributed by atoms with Gasteiger partial charge in [0.25, 0.3) is 0 Å². The third-order valence-corrected chi connectivity index (χ3v) is 3.12. The van der Waals surface area contributed by atoms with Crippen molar-refractivity contribution in [2.75, 3.05) is 18.6 Å². The van der Waals surface area contributed by atoms with E-state index in [1.165, 1.54) is 6.07 Å². The Morgan fingerprint density at radius 3 is 2.42 bits per heavy atom. The van der Waals surface area contributed by atoms with Gasteiger partial charge in [-0.15, -0.1) is 0 Å². The van der Waals surface area contributed by atoms with Crippen molar-refractivity contribution in [3.63, 3.8) is 0 Å². The maximum absolute atomic E-state index is 13.2. The second-order valence-corrected chi connectivity index (χ2v) is 6.15. The topological polar surface area (TPSA) is 63.2 Å². The number of rotatable bonds is 5. The summed E-state index contributed by atoms with van der Waals surface area (Å²) in [5.41, 5.74) is -0.319. The van der Waals surface area contributed by atoms with Crippen LogP contribution in [0.4, 0.5) is 8.78 Å². The van der Waals surface area contributed by atoms with Crippen LogP contribution in [0, 0.1) is 11.6 Å². The van der Waals surface area contributed by atoms with Gasteiger partial charge in [-0.1, -0.05) is 6.07 Å². The Labute approximate surface area is 110 Å². The largest absolute Gasteiger partial charge is 0.352 e. The molecule has 0 saturated heterocycles. The predicted molar refractivity (Wildman–Crippen MR) is 68.1 cm³/mol. The quantitative estimate of drug-likeness (QED) is 0.827. The molecule has 1 amide bonds. The van der Waals surface area contributed by atoms with E-state index in [9.17, 15) is 22.0 Å². The number of nitrogens with one attached hydrogen (secondary N) is 1. The normalized spacial score (nSPS) is 11.7. The van der Waals surface area contributed by atoms with Gasteiger partial charge in [0.1, 0.15) is 21.5 Å². The van der Waals surface area contributed by atoms with Crippen LogP contribution in [0.3, 0.4) is 0 Å². The molecule has 0 heterocycles. The molecule has 0 aliphatic heterocycles. The summed E-state index contributed by atoms with van der Waals surface area (Å²) in [6.07, 6.45) is 2.99. The van der Waals surface area contributed by atoms with Gasteiger partial charge in [-0.3, -0.25) is 4.79 Å². The lowest BCUT2D eigenvalue weighted by Crippen LogP contribution is -2.27. The molecule has 7 heteroatoms. The van der Waals surface area contributed by atoms with E-state index in [2.05, 4.69) is 5.32 Å². The van der Waals surface area contributed by atoms with Crippen LogP contribution in [0.2, 0.25) is 0 Å². The molecule has 4 nitrogen and oxygen atoms in total. The van der Waals surface area contributed by atoms with E-state index in [-0.39, 0.29) is 17.9 Å². The lowest BCUT2D eigenvalue weighted by atomic mass is 10.2. The Morgan fingerprint density at radius 2 is 1.89 bits per heavy atom. The van der Waals surface area contributed by atoms with Crippen LogP contribution in [0.25, 0.3) is 6.08 Å². The van der Waals surface area contributed by atoms with Crippen molar-refractivity contribution in [1.29, 1.82) is 0 Å². The van der Waals surface area contributed by atoms with Crippen LogP contribution in [-0.2, 0) is 14.6 Å². The highest BCUT2D eigenvalue weighted by atomic mass is 32.2. The molecule has 0 unspecified atom stereocenters. The van der Waals surface area contributed by atoms with E-state index in [0.29, 0.717) is 0 Å². The molecule has 0 fully saturated rings. The Balaban J connectivity index is 2.59. The molecule has 104 valence electrons. The van der Waals surface area contributed by atoms with Crippen molar-refractivity contribution < 1.29 is 22.0 Å². The summed E-state index contributed by atoms with van der Waals surface area (Å²) in [4.78, 5) is 11.3. The molecular formula is C12H13F2NO3S. The second kappa shape index (κ2) is 6.42. The second-order valence-electron chi connectivity index (χ2n) is 3.89. The Kier molecular flexibility index (Phi) is 5.17. The zero-order valence-electron chi connectivity index (χ0n) is 10.2. The van der Waals surface area contributed by atoms with Crippen LogP contribution in [0.1, 0.15) is 5.56 Å². The standard InChI is InChI=1S/C12H13F2NO3S/c1-19(17,18)8-7-15-12(16)6-5-9-10(13)3-2-4-11(9)14/h2-6H,7-8H2,1H3,(H,15,16)/b6-5-. The van der Waals surface area contributed by atoms with Crippen LogP contribution >= 0.6 is 0 Å². The monoisotopic (exact) mass is 289 g/mol. The average molecular weight is 289 g/mol. The number of sulfone groups is 1. The van der Waals surface area contributed by atoms with E-state index in [1.807, 2.05) is 0 Å². The number of carbonyl (C=O) groups excluding carboxylic acids is 1. The summed E-state index contributed by atoms with van der Waals surface area (Å²) in [5.74, 6) is -2.37. The van der Waals surface area contributed by atoms with Gasteiger partial charge in [0.15, 0.2) is 0 Å². The van der Waals surface area contributed by atoms with Crippen LogP contribution in [0.5, 0.6) is 0 Å². The summed E-state index contributed by atoms with van der Waals surface area (Å²) in [6, 6.07) is 3.36. The van der Waals surface area contributed by atoms with E-state index < -0.39 is 27.4 Å². The first kappa shape index (κ1) is 15.3. The van der Waals surface area contributed by atoms with Gasteiger partial charge in [0.05, 0.1) is 5.75 Å². The number of hydrogen-bond donors (Lipinski definition) is 1. The van der Waals surface area contributed by atoms with Crippen molar-refractivity contribution in [2.45, 2.75) is 0 Å². The summed E-state index contributed by atoms with van der Waals surface area (Å²) >= 11 is 0. The minimum Gasteiger partial charge on any atom is -0.352 e. The highest BCUT2D eigenvalue weighted by Crippen LogP contribution is 2.13. The van der Waals surface area contributed by atoms with Gasteiger partial charge in [0.2, 0.25) is 5.91 Å². The minimum atomic E-state index is -3.16. The molecule has 1 aromatic carbocycles. The van der Waals surface area contributed by atoms with Crippen molar-refractivity contribution >= 4 is 21.8 Å². The molecule has 19 heavy (non-hydrogen) atoms. The lowest BCUT2D eigenvalue weighted by molar-refractivity contribution is -0.116. The first-order valence-electron chi connectivity index (χ1n) is 5.37. The van der Waals surface area contributed by atoms with Crippen molar-refractivity contribution in [2.24, 2.45) is 0 Å². The van der Waals surface area contributed by atoms with Gasteiger partial charge in [0, 0.05) is 24.4 Å². The number of halogens is 2. The van der Waals surface area contributed by atoms with Gasteiger partial charge >= 0.3 is 0 Å². The molecule has 1 aromatic rings. The number of carbonyl (C=O) groups is 1. The third kappa shape index (κ3) is 5.60. The number of benzene rings is 1. The SMILES string of the molecule is CS(=O)(=O)CCNC(=O)/C=C\c1c(F)cccc1F. The van der Waals surface area contributed by atoms with E-state index in [4.69, 9.17) is 0 Å². The van der Waals surface area contributed by atoms with E-state index in [1.54, 1.807) is 0 Å². The molecule has 0 spiro atoms. The maximum Gasteiger partial charge on any atom is 0.244 e. The summed E-state index contributed by atoms with van der Waals surface area (Å²) in [7, 11) is -3.16. The molecule has 0 aromatic heterocycles. The van der Waals surface area contributed by atoms with E-state index in [0.717, 1.165) is 30.5 Å². The Bertz CT molecular complexity index is 577. The molecule has 0 aliphatic carbocycles. The molecule has 0 aliphatic rings. The highest BCUT2D eigenvalue weighted by Gasteiger charge is 2.06. The fourth-order valence-electron chi connectivity index (χ4n) is 1.25. The fourth-order valence-corrected chi connectivity index (χ4v) is 1.72. The predicted octanol–water partition coefficient (Wildman–Crippen LogP) is 1.14. The van der Waals surface area contributed by atoms with Crippen molar-refractivity contribution in [3.8, 4) is 0 Å². The van der Waals surface area contributed by atoms with Gasteiger partial charge in [-0.05, 0) is 18.2 Å². The molecule has 0 bridgehead atoms. The number of amides is 1. The van der Waals surface area contributed by atoms with Crippen molar-refractivity contribution in [1.82, 2.24) is 5.32 Å². The smallest absolute Gasteiger partial charge is 0.244 e. The lowest BCUT2D eigenvalue weighted by Gasteiger charge is -2.01. The first-order valence-corrected chi connectivity index (χ1v) is 7.43.